The third-order valence-electron chi connectivity index (χ3n) is 3.45. The summed E-state index contributed by atoms with van der Waals surface area (Å²) < 4.78 is 26.8. The fourth-order valence-electron chi connectivity index (χ4n) is 2.34. The zero-order chi connectivity index (χ0) is 19.2. The number of H-pyrrole nitrogens is 1. The van der Waals surface area contributed by atoms with Crippen molar-refractivity contribution in [2.24, 2.45) is 5.73 Å². The van der Waals surface area contributed by atoms with Gasteiger partial charge in [0.05, 0.1) is 10.2 Å². The Morgan fingerprint density at radius 2 is 2.08 bits per heavy atom. The van der Waals surface area contributed by atoms with E-state index >= 15 is 0 Å². The molecule has 0 bridgehead atoms. The van der Waals surface area contributed by atoms with Crippen molar-refractivity contribution in [1.29, 1.82) is 0 Å². The number of nitrogens with one attached hydrogen (secondary N) is 2. The summed E-state index contributed by atoms with van der Waals surface area (Å²) in [5.41, 5.74) is 5.57. The van der Waals surface area contributed by atoms with Gasteiger partial charge in [0.25, 0.3) is 18.2 Å². The molecule has 0 aliphatic rings. The fraction of sp³-hybridized carbons (Fsp3) is 0.143. The zero-order valence-corrected chi connectivity index (χ0v) is 16.9. The van der Waals surface area contributed by atoms with Gasteiger partial charge in [-0.15, -0.1) is 11.3 Å². The van der Waals surface area contributed by atoms with Crippen molar-refractivity contribution in [3.63, 3.8) is 0 Å². The summed E-state index contributed by atoms with van der Waals surface area (Å²) in [5, 5.41) is 9.40. The van der Waals surface area contributed by atoms with Crippen molar-refractivity contribution in [3.8, 4) is 0 Å². The summed E-state index contributed by atoms with van der Waals surface area (Å²) in [4.78, 5) is 28.4. The number of hydrogen-bond donors (Lipinski definition) is 3. The van der Waals surface area contributed by atoms with Crippen molar-refractivity contribution in [2.45, 2.75) is 13.3 Å². The molecule has 0 saturated carbocycles. The maximum atomic E-state index is 13.0. The second-order valence-electron chi connectivity index (χ2n) is 5.17. The normalized spacial score (nSPS) is 11.3. The van der Waals surface area contributed by atoms with Crippen LogP contribution in [0.4, 0.5) is 14.5 Å². The molecule has 0 spiro atoms. The Morgan fingerprint density at radius 3 is 2.62 bits per heavy atom. The first-order valence-corrected chi connectivity index (χ1v) is 9.33. The SMILES string of the molecule is Cc1cc(C(F)F)nc2sc(C(N)=O)c(NC(=O)c3n[nH]c(Br)c3Br)c12. The van der Waals surface area contributed by atoms with Crippen molar-refractivity contribution >= 4 is 70.9 Å². The molecular formula is C14H9Br2F2N5O2S. The zero-order valence-electron chi connectivity index (χ0n) is 12.9. The van der Waals surface area contributed by atoms with E-state index in [1.54, 1.807) is 6.92 Å². The van der Waals surface area contributed by atoms with Gasteiger partial charge < -0.3 is 11.1 Å². The molecular weight excluding hydrogens is 500 g/mol. The van der Waals surface area contributed by atoms with Crippen LogP contribution in [0.5, 0.6) is 0 Å². The van der Waals surface area contributed by atoms with E-state index in [2.05, 4.69) is 52.4 Å². The predicted octanol–water partition coefficient (Wildman–Crippen LogP) is 4.14. The van der Waals surface area contributed by atoms with E-state index in [0.29, 0.717) is 20.0 Å². The van der Waals surface area contributed by atoms with Crippen LogP contribution in [-0.2, 0) is 0 Å². The number of anilines is 1. The summed E-state index contributed by atoms with van der Waals surface area (Å²) in [6.07, 6.45) is -2.76. The third-order valence-corrected chi connectivity index (χ3v) is 6.42. The van der Waals surface area contributed by atoms with E-state index in [1.807, 2.05) is 0 Å². The van der Waals surface area contributed by atoms with Gasteiger partial charge >= 0.3 is 0 Å². The monoisotopic (exact) mass is 507 g/mol. The van der Waals surface area contributed by atoms with Crippen LogP contribution in [0.2, 0.25) is 0 Å². The number of carbonyl (C=O) groups is 2. The van der Waals surface area contributed by atoms with Gasteiger partial charge in [0.1, 0.15) is 20.0 Å². The molecule has 3 aromatic rings. The summed E-state index contributed by atoms with van der Waals surface area (Å²) >= 11 is 7.22. The highest BCUT2D eigenvalue weighted by molar-refractivity contribution is 9.13. The van der Waals surface area contributed by atoms with Crippen molar-refractivity contribution in [2.75, 3.05) is 5.32 Å². The Hall–Kier alpha value is -1.92. The second-order valence-corrected chi connectivity index (χ2v) is 7.75. The number of aryl methyl sites for hydroxylation is 1. The Balaban J connectivity index is 2.14. The number of halogens is 4. The number of primary amides is 1. The lowest BCUT2D eigenvalue weighted by Crippen LogP contribution is -2.17. The quantitative estimate of drug-likeness (QED) is 0.491. The average Bonchev–Trinajstić information content (AvgIpc) is 3.09. The molecule has 0 aliphatic carbocycles. The number of fused-ring (bicyclic) bond motifs is 1. The van der Waals surface area contributed by atoms with Crippen LogP contribution in [0.1, 0.15) is 37.8 Å². The Labute approximate surface area is 165 Å². The number of aromatic nitrogens is 3. The minimum Gasteiger partial charge on any atom is -0.365 e. The topological polar surface area (TPSA) is 114 Å². The van der Waals surface area contributed by atoms with E-state index in [4.69, 9.17) is 5.73 Å². The van der Waals surface area contributed by atoms with E-state index in [-0.39, 0.29) is 21.1 Å². The molecule has 4 N–H and O–H groups in total. The van der Waals surface area contributed by atoms with Crippen LogP contribution < -0.4 is 11.1 Å². The van der Waals surface area contributed by atoms with Crippen LogP contribution in [0, 0.1) is 6.92 Å². The molecule has 0 saturated heterocycles. The number of thiophene rings is 1. The number of nitrogens with two attached hydrogens (primary N) is 1. The smallest absolute Gasteiger partial charge is 0.280 e. The van der Waals surface area contributed by atoms with Crippen LogP contribution in [0.15, 0.2) is 15.1 Å². The lowest BCUT2D eigenvalue weighted by molar-refractivity contribution is 0.100. The van der Waals surface area contributed by atoms with Crippen molar-refractivity contribution in [1.82, 2.24) is 15.2 Å². The molecule has 2 amide bonds. The van der Waals surface area contributed by atoms with Crippen LogP contribution in [0.3, 0.4) is 0 Å². The maximum absolute atomic E-state index is 13.0. The molecule has 7 nitrogen and oxygen atoms in total. The maximum Gasteiger partial charge on any atom is 0.280 e. The molecule has 0 aliphatic heterocycles. The van der Waals surface area contributed by atoms with Gasteiger partial charge in [0.15, 0.2) is 5.69 Å². The summed E-state index contributed by atoms with van der Waals surface area (Å²) in [6, 6.07) is 1.21. The number of carbonyl (C=O) groups excluding carboxylic acids is 2. The Kier molecular flexibility index (Phi) is 5.08. The molecule has 0 radical (unpaired) electrons. The number of pyridine rings is 1. The van der Waals surface area contributed by atoms with Gasteiger partial charge in [-0.1, -0.05) is 0 Å². The molecule has 0 fully saturated rings. The molecule has 0 unspecified atom stereocenters. The van der Waals surface area contributed by atoms with Gasteiger partial charge in [-0.2, -0.15) is 5.10 Å². The largest absolute Gasteiger partial charge is 0.365 e. The first-order chi connectivity index (χ1) is 12.2. The summed E-state index contributed by atoms with van der Waals surface area (Å²) in [6.45, 7) is 1.59. The molecule has 12 heteroatoms. The summed E-state index contributed by atoms with van der Waals surface area (Å²) in [7, 11) is 0. The molecule has 0 atom stereocenters. The predicted molar refractivity (Wildman–Crippen MR) is 99.8 cm³/mol. The molecule has 3 aromatic heterocycles. The lowest BCUT2D eigenvalue weighted by atomic mass is 10.1. The highest BCUT2D eigenvalue weighted by Crippen LogP contribution is 2.38. The molecule has 136 valence electrons. The van der Waals surface area contributed by atoms with Crippen LogP contribution in [-0.4, -0.2) is 27.0 Å². The van der Waals surface area contributed by atoms with Gasteiger partial charge in [-0.3, -0.25) is 14.7 Å². The number of hydrogen-bond acceptors (Lipinski definition) is 5. The van der Waals surface area contributed by atoms with E-state index in [9.17, 15) is 18.4 Å². The van der Waals surface area contributed by atoms with Gasteiger partial charge in [-0.05, 0) is 50.4 Å². The van der Waals surface area contributed by atoms with E-state index < -0.39 is 23.9 Å². The lowest BCUT2D eigenvalue weighted by Gasteiger charge is -2.07. The number of aromatic amines is 1. The van der Waals surface area contributed by atoms with Gasteiger partial charge in [0, 0.05) is 5.39 Å². The van der Waals surface area contributed by atoms with E-state index in [0.717, 1.165) is 11.3 Å². The first-order valence-electron chi connectivity index (χ1n) is 6.93. The summed E-state index contributed by atoms with van der Waals surface area (Å²) in [5.74, 6) is -1.41. The first kappa shape index (κ1) is 18.9. The number of nitrogens with zero attached hydrogens (tertiary/aromatic N) is 2. The van der Waals surface area contributed by atoms with E-state index in [1.165, 1.54) is 6.07 Å². The number of rotatable bonds is 4. The molecule has 3 rings (SSSR count). The van der Waals surface area contributed by atoms with Crippen LogP contribution >= 0.6 is 43.2 Å². The highest BCUT2D eigenvalue weighted by atomic mass is 79.9. The van der Waals surface area contributed by atoms with Crippen LogP contribution in [0.25, 0.3) is 10.2 Å². The van der Waals surface area contributed by atoms with Crippen molar-refractivity contribution in [3.05, 3.63) is 37.0 Å². The number of amides is 2. The van der Waals surface area contributed by atoms with Gasteiger partial charge in [-0.25, -0.2) is 13.8 Å². The minimum atomic E-state index is -2.76. The molecule has 26 heavy (non-hydrogen) atoms. The van der Waals surface area contributed by atoms with Crippen molar-refractivity contribution < 1.29 is 18.4 Å². The Bertz CT molecular complexity index is 1050. The average molecular weight is 509 g/mol. The minimum absolute atomic E-state index is 0.0149. The standard InChI is InChI=1S/C14H9Br2F2N5O2S/c1-3-2-4(11(17)18)20-14-5(3)7(9(26-14)12(19)24)21-13(25)8-6(15)10(16)23-22-8/h2,11H,1H3,(H2,19,24)(H,21,25)(H,22,23). The fourth-order valence-corrected chi connectivity index (χ4v) is 4.04. The molecule has 0 aromatic carbocycles. The number of alkyl halides is 2. The Morgan fingerprint density at radius 1 is 1.38 bits per heavy atom. The van der Waals surface area contributed by atoms with Gasteiger partial charge in [0.2, 0.25) is 0 Å². The highest BCUT2D eigenvalue weighted by Gasteiger charge is 2.25. The second kappa shape index (κ2) is 7.00. The molecule has 3 heterocycles. The third kappa shape index (κ3) is 3.23.